The van der Waals surface area contributed by atoms with Crippen LogP contribution in [0.3, 0.4) is 0 Å². The minimum Gasteiger partial charge on any atom is -0.388 e. The molecule has 0 aliphatic carbocycles. The zero-order valence-corrected chi connectivity index (χ0v) is 20.8. The molecular weight excluding hydrogens is 462 g/mol. The number of nitrogens with one attached hydrogen (secondary N) is 2. The normalized spacial score (nSPS) is 19.6. The van der Waals surface area contributed by atoms with E-state index in [4.69, 9.17) is 23.8 Å². The third kappa shape index (κ3) is 8.20. The maximum absolute atomic E-state index is 13.1. The first-order valence-electron chi connectivity index (χ1n) is 11.4. The smallest absolute Gasteiger partial charge is 0.274 e. The maximum Gasteiger partial charge on any atom is 0.274 e. The van der Waals surface area contributed by atoms with Gasteiger partial charge in [0, 0.05) is 26.7 Å². The van der Waals surface area contributed by atoms with Crippen LogP contribution in [-0.4, -0.2) is 85.4 Å². The Bertz CT molecular complexity index is 895. The van der Waals surface area contributed by atoms with E-state index in [1.807, 2.05) is 13.8 Å². The van der Waals surface area contributed by atoms with E-state index in [2.05, 4.69) is 15.8 Å². The van der Waals surface area contributed by atoms with Crippen LogP contribution in [0.25, 0.3) is 0 Å². The molecule has 196 valence electrons. The Morgan fingerprint density at radius 1 is 1.14 bits per heavy atom. The van der Waals surface area contributed by atoms with E-state index in [1.54, 1.807) is 6.92 Å². The molecule has 35 heavy (non-hydrogen) atoms. The molecule has 1 aromatic heterocycles. The number of methoxy groups -OCH3 is 2. The SMILES string of the molecule is COC[C@H](CC(=O)[C@H](COC)NC(=O)c1cc(CO)on1)C(=O)N[C@@H](CC(C)C)C(=O)[C@@]1(C)CO1. The number of aliphatic hydroxyl groups is 1. The Morgan fingerprint density at radius 3 is 2.31 bits per heavy atom. The number of carbonyl (C=O) groups is 4. The molecule has 1 aliphatic rings. The number of ketones is 2. The van der Waals surface area contributed by atoms with Crippen molar-refractivity contribution >= 4 is 23.4 Å². The minimum absolute atomic E-state index is 0.0648. The van der Waals surface area contributed by atoms with E-state index < -0.39 is 47.8 Å². The van der Waals surface area contributed by atoms with Crippen LogP contribution in [-0.2, 0) is 35.2 Å². The summed E-state index contributed by atoms with van der Waals surface area (Å²) in [5.41, 5.74) is -1.01. The van der Waals surface area contributed by atoms with Crippen molar-refractivity contribution in [1.29, 1.82) is 0 Å². The van der Waals surface area contributed by atoms with Gasteiger partial charge in [0.1, 0.15) is 18.2 Å². The molecule has 1 aliphatic heterocycles. The summed E-state index contributed by atoms with van der Waals surface area (Å²) >= 11 is 0. The topological polar surface area (TPSA) is 170 Å². The molecule has 1 saturated heterocycles. The maximum atomic E-state index is 13.1. The average Bonchev–Trinajstić information content (AvgIpc) is 3.37. The highest BCUT2D eigenvalue weighted by molar-refractivity contribution is 5.99. The predicted molar refractivity (Wildman–Crippen MR) is 121 cm³/mol. The second kappa shape index (κ2) is 12.9. The van der Waals surface area contributed by atoms with Gasteiger partial charge in [-0.25, -0.2) is 0 Å². The first-order valence-corrected chi connectivity index (χ1v) is 11.4. The van der Waals surface area contributed by atoms with E-state index in [9.17, 15) is 19.2 Å². The highest BCUT2D eigenvalue weighted by Gasteiger charge is 2.50. The largest absolute Gasteiger partial charge is 0.388 e. The predicted octanol–water partition coefficient (Wildman–Crippen LogP) is 0.0224. The molecule has 1 fully saturated rings. The fourth-order valence-electron chi connectivity index (χ4n) is 3.53. The molecule has 0 unspecified atom stereocenters. The molecule has 1 aromatic rings. The van der Waals surface area contributed by atoms with E-state index >= 15 is 0 Å². The molecular formula is C23H35N3O9. The second-order valence-electron chi connectivity index (χ2n) is 9.22. The van der Waals surface area contributed by atoms with Gasteiger partial charge in [0.25, 0.3) is 5.91 Å². The monoisotopic (exact) mass is 497 g/mol. The zero-order chi connectivity index (χ0) is 26.2. The van der Waals surface area contributed by atoms with Crippen molar-refractivity contribution in [3.63, 3.8) is 0 Å². The highest BCUT2D eigenvalue weighted by Crippen LogP contribution is 2.29. The van der Waals surface area contributed by atoms with Crippen molar-refractivity contribution in [2.75, 3.05) is 34.0 Å². The van der Waals surface area contributed by atoms with Crippen LogP contribution >= 0.6 is 0 Å². The van der Waals surface area contributed by atoms with Gasteiger partial charge in [-0.3, -0.25) is 19.2 Å². The summed E-state index contributed by atoms with van der Waals surface area (Å²) in [6.07, 6.45) is 0.165. The highest BCUT2D eigenvalue weighted by atomic mass is 16.6. The summed E-state index contributed by atoms with van der Waals surface area (Å²) in [5, 5.41) is 17.9. The average molecular weight is 498 g/mol. The molecule has 0 saturated carbocycles. The Hall–Kier alpha value is -2.67. The van der Waals surface area contributed by atoms with Crippen molar-refractivity contribution < 1.29 is 43.0 Å². The van der Waals surface area contributed by atoms with Crippen LogP contribution in [0.5, 0.6) is 0 Å². The number of aromatic nitrogens is 1. The number of nitrogens with zero attached hydrogens (tertiary/aromatic N) is 1. The third-order valence-corrected chi connectivity index (χ3v) is 5.60. The molecule has 0 spiro atoms. The molecule has 2 amide bonds. The van der Waals surface area contributed by atoms with Gasteiger partial charge < -0.3 is 34.5 Å². The number of hydrogen-bond acceptors (Lipinski definition) is 10. The molecule has 0 aromatic carbocycles. The van der Waals surface area contributed by atoms with E-state index in [1.165, 1.54) is 20.3 Å². The Labute approximate surface area is 204 Å². The van der Waals surface area contributed by atoms with E-state index in [-0.39, 0.29) is 42.8 Å². The quantitative estimate of drug-likeness (QED) is 0.265. The van der Waals surface area contributed by atoms with Crippen LogP contribution in [0.15, 0.2) is 10.6 Å². The summed E-state index contributed by atoms with van der Waals surface area (Å²) in [4.78, 5) is 51.4. The number of hydrogen-bond donors (Lipinski definition) is 3. The van der Waals surface area contributed by atoms with Crippen molar-refractivity contribution in [2.24, 2.45) is 11.8 Å². The third-order valence-electron chi connectivity index (χ3n) is 5.60. The molecule has 0 bridgehead atoms. The Kier molecular flexibility index (Phi) is 10.5. The molecule has 4 atom stereocenters. The zero-order valence-electron chi connectivity index (χ0n) is 20.8. The fraction of sp³-hybridized carbons (Fsp3) is 0.696. The summed E-state index contributed by atoms with van der Waals surface area (Å²) in [6.45, 7) is 5.23. The van der Waals surface area contributed by atoms with Crippen LogP contribution in [0.1, 0.15) is 49.9 Å². The lowest BCUT2D eigenvalue weighted by molar-refractivity contribution is -0.135. The molecule has 2 heterocycles. The standard InChI is InChI=1S/C23H35N3O9/c1-13(2)6-16(20(29)23(3)12-34-23)24-21(30)14(10-32-4)7-19(28)18(11-33-5)25-22(31)17-8-15(9-27)35-26-17/h8,13-14,16,18,27H,6-7,9-12H2,1-5H3,(H,24,30)(H,25,31)/t14-,16-,18-,23+/m0/s1. The van der Waals surface area contributed by atoms with Crippen molar-refractivity contribution in [3.8, 4) is 0 Å². The first-order chi connectivity index (χ1) is 16.5. The summed E-state index contributed by atoms with van der Waals surface area (Å²) in [6, 6.07) is -0.575. The van der Waals surface area contributed by atoms with Crippen LogP contribution in [0, 0.1) is 11.8 Å². The molecule has 12 heteroatoms. The van der Waals surface area contributed by atoms with Gasteiger partial charge in [0.05, 0.1) is 31.8 Å². The number of epoxide rings is 1. The Morgan fingerprint density at radius 2 is 1.80 bits per heavy atom. The second-order valence-corrected chi connectivity index (χ2v) is 9.22. The lowest BCUT2D eigenvalue weighted by Gasteiger charge is -2.25. The molecule has 2 rings (SSSR count). The van der Waals surface area contributed by atoms with Gasteiger partial charge in [0.2, 0.25) is 5.91 Å². The number of aliphatic hydroxyl groups excluding tert-OH is 1. The Balaban J connectivity index is 2.08. The number of ether oxygens (including phenoxy) is 3. The lowest BCUT2D eigenvalue weighted by Crippen LogP contribution is -2.50. The van der Waals surface area contributed by atoms with Gasteiger partial charge in [-0.15, -0.1) is 0 Å². The van der Waals surface area contributed by atoms with E-state index in [0.717, 1.165) is 0 Å². The molecule has 3 N–H and O–H groups in total. The minimum atomic E-state index is -1.07. The lowest BCUT2D eigenvalue weighted by atomic mass is 9.92. The summed E-state index contributed by atoms with van der Waals surface area (Å²) in [5.74, 6) is -2.54. The van der Waals surface area contributed by atoms with Gasteiger partial charge in [-0.05, 0) is 19.3 Å². The van der Waals surface area contributed by atoms with Crippen molar-refractivity contribution in [1.82, 2.24) is 15.8 Å². The van der Waals surface area contributed by atoms with Crippen LogP contribution < -0.4 is 10.6 Å². The van der Waals surface area contributed by atoms with Gasteiger partial charge in [-0.2, -0.15) is 0 Å². The number of carbonyl (C=O) groups excluding carboxylic acids is 4. The van der Waals surface area contributed by atoms with Crippen LogP contribution in [0.4, 0.5) is 0 Å². The van der Waals surface area contributed by atoms with Gasteiger partial charge >= 0.3 is 0 Å². The fourth-order valence-corrected chi connectivity index (χ4v) is 3.53. The van der Waals surface area contributed by atoms with Gasteiger partial charge in [-0.1, -0.05) is 19.0 Å². The van der Waals surface area contributed by atoms with E-state index in [0.29, 0.717) is 13.0 Å². The first kappa shape index (κ1) is 28.6. The van der Waals surface area contributed by atoms with Crippen molar-refractivity contribution in [3.05, 3.63) is 17.5 Å². The number of amides is 2. The van der Waals surface area contributed by atoms with Crippen molar-refractivity contribution in [2.45, 2.75) is 57.9 Å². The van der Waals surface area contributed by atoms with Crippen LogP contribution in [0.2, 0.25) is 0 Å². The number of Topliss-reactive ketones (excluding diaryl/α,β-unsaturated/α-hetero) is 2. The van der Waals surface area contributed by atoms with Gasteiger partial charge in [0.15, 0.2) is 23.0 Å². The number of rotatable bonds is 16. The summed E-state index contributed by atoms with van der Waals surface area (Å²) in [7, 11) is 2.77. The molecule has 0 radical (unpaired) electrons. The summed E-state index contributed by atoms with van der Waals surface area (Å²) < 4.78 is 20.3. The molecule has 12 nitrogen and oxygen atoms in total.